The number of carbonyl (C=O) groups is 1. The first-order valence-electron chi connectivity index (χ1n) is 8.59. The second-order valence-corrected chi connectivity index (χ2v) is 8.98. The lowest BCUT2D eigenvalue weighted by Gasteiger charge is -2.16. The molecule has 0 spiro atoms. The second kappa shape index (κ2) is 8.33. The van der Waals surface area contributed by atoms with E-state index in [0.717, 1.165) is 17.7 Å². The van der Waals surface area contributed by atoms with E-state index < -0.39 is 10.0 Å². The molecule has 1 aliphatic heterocycles. The highest BCUT2D eigenvalue weighted by atomic mass is 32.2. The number of anilines is 1. The van der Waals surface area contributed by atoms with Gasteiger partial charge in [-0.25, -0.2) is 8.42 Å². The molecule has 144 valence electrons. The summed E-state index contributed by atoms with van der Waals surface area (Å²) in [7, 11) is -2.02. The summed E-state index contributed by atoms with van der Waals surface area (Å²) in [5, 5.41) is 2.76. The molecule has 0 atom stereocenters. The molecule has 0 aliphatic carbocycles. The number of carbonyl (C=O) groups excluding carboxylic acids is 1. The van der Waals surface area contributed by atoms with Gasteiger partial charge in [0.15, 0.2) is 0 Å². The van der Waals surface area contributed by atoms with E-state index in [0.29, 0.717) is 30.1 Å². The van der Waals surface area contributed by atoms with Gasteiger partial charge in [0.05, 0.1) is 17.6 Å². The number of hydrogen-bond acceptors (Lipinski definition) is 5. The molecule has 1 aliphatic rings. The van der Waals surface area contributed by atoms with Gasteiger partial charge in [0, 0.05) is 23.7 Å². The van der Waals surface area contributed by atoms with Crippen molar-refractivity contribution in [1.29, 1.82) is 0 Å². The summed E-state index contributed by atoms with van der Waals surface area (Å²) < 4.78 is 32.2. The van der Waals surface area contributed by atoms with E-state index in [1.165, 1.54) is 17.5 Å². The van der Waals surface area contributed by atoms with Gasteiger partial charge in [0.2, 0.25) is 10.0 Å². The summed E-state index contributed by atoms with van der Waals surface area (Å²) in [5.74, 6) is 0.121. The van der Waals surface area contributed by atoms with Crippen molar-refractivity contribution in [2.45, 2.75) is 22.6 Å². The van der Waals surface area contributed by atoms with Gasteiger partial charge >= 0.3 is 0 Å². The third kappa shape index (κ3) is 4.28. The van der Waals surface area contributed by atoms with Crippen molar-refractivity contribution in [3.8, 4) is 5.75 Å². The number of nitrogens with zero attached hydrogens (tertiary/aromatic N) is 1. The number of benzene rings is 2. The normalized spacial score (nSPS) is 14.9. The van der Waals surface area contributed by atoms with Crippen LogP contribution in [0.5, 0.6) is 5.75 Å². The first-order valence-corrected chi connectivity index (χ1v) is 11.3. The number of methoxy groups -OCH3 is 1. The molecule has 3 rings (SSSR count). The fraction of sp³-hybridized carbons (Fsp3) is 0.316. The largest absolute Gasteiger partial charge is 0.496 e. The van der Waals surface area contributed by atoms with Gasteiger partial charge in [0.25, 0.3) is 5.91 Å². The van der Waals surface area contributed by atoms with Crippen molar-refractivity contribution in [2.75, 3.05) is 31.8 Å². The minimum Gasteiger partial charge on any atom is -0.496 e. The maximum Gasteiger partial charge on any atom is 0.259 e. The zero-order chi connectivity index (χ0) is 19.4. The van der Waals surface area contributed by atoms with Crippen LogP contribution in [0, 0.1) is 0 Å². The predicted octanol–water partition coefficient (Wildman–Crippen LogP) is 3.45. The Kier molecular flexibility index (Phi) is 6.08. The van der Waals surface area contributed by atoms with Gasteiger partial charge in [-0.15, -0.1) is 11.8 Å². The van der Waals surface area contributed by atoms with Gasteiger partial charge in [0.1, 0.15) is 5.75 Å². The predicted molar refractivity (Wildman–Crippen MR) is 107 cm³/mol. The highest BCUT2D eigenvalue weighted by molar-refractivity contribution is 7.98. The molecular weight excluding hydrogens is 384 g/mol. The Morgan fingerprint density at radius 3 is 2.56 bits per heavy atom. The van der Waals surface area contributed by atoms with Crippen LogP contribution in [0.1, 0.15) is 23.2 Å². The zero-order valence-electron chi connectivity index (χ0n) is 15.3. The summed E-state index contributed by atoms with van der Waals surface area (Å²) >= 11 is 1.56. The van der Waals surface area contributed by atoms with Crippen molar-refractivity contribution in [1.82, 2.24) is 4.31 Å². The van der Waals surface area contributed by atoms with E-state index in [1.807, 2.05) is 12.3 Å². The minimum absolute atomic E-state index is 0.187. The molecular formula is C19H22N2O4S2. The minimum atomic E-state index is -3.53. The van der Waals surface area contributed by atoms with Crippen LogP contribution in [0.15, 0.2) is 52.3 Å². The molecule has 6 nitrogen and oxygen atoms in total. The number of ether oxygens (including phenoxy) is 1. The van der Waals surface area contributed by atoms with Gasteiger partial charge < -0.3 is 10.1 Å². The number of nitrogens with one attached hydrogen (secondary N) is 1. The van der Waals surface area contributed by atoms with E-state index in [9.17, 15) is 13.2 Å². The number of hydrogen-bond donors (Lipinski definition) is 1. The molecule has 0 aromatic heterocycles. The molecule has 0 bridgehead atoms. The Bertz CT molecular complexity index is 938. The maximum atomic E-state index is 12.7. The van der Waals surface area contributed by atoms with Gasteiger partial charge in [-0.2, -0.15) is 4.31 Å². The van der Waals surface area contributed by atoms with Gasteiger partial charge in [-0.05, 0) is 55.5 Å². The van der Waals surface area contributed by atoms with Crippen LogP contribution in [-0.4, -0.2) is 45.1 Å². The van der Waals surface area contributed by atoms with Crippen LogP contribution in [0.4, 0.5) is 5.69 Å². The van der Waals surface area contributed by atoms with E-state index >= 15 is 0 Å². The third-order valence-corrected chi connectivity index (χ3v) is 7.07. The van der Waals surface area contributed by atoms with Crippen molar-refractivity contribution in [3.05, 3.63) is 48.0 Å². The van der Waals surface area contributed by atoms with Gasteiger partial charge in [-0.3, -0.25) is 4.79 Å². The van der Waals surface area contributed by atoms with Crippen LogP contribution in [0.2, 0.25) is 0 Å². The molecule has 0 unspecified atom stereocenters. The molecule has 0 saturated carbocycles. The fourth-order valence-corrected chi connectivity index (χ4v) is 4.99. The Hall–Kier alpha value is -2.03. The van der Waals surface area contributed by atoms with Crippen LogP contribution in [0.25, 0.3) is 0 Å². The molecule has 1 amide bonds. The highest BCUT2D eigenvalue weighted by Crippen LogP contribution is 2.27. The third-order valence-electron chi connectivity index (χ3n) is 4.45. The zero-order valence-corrected chi connectivity index (χ0v) is 16.9. The quantitative estimate of drug-likeness (QED) is 0.744. The molecule has 2 aromatic carbocycles. The Morgan fingerprint density at radius 1 is 1.15 bits per heavy atom. The van der Waals surface area contributed by atoms with E-state index in [4.69, 9.17) is 4.74 Å². The number of rotatable bonds is 6. The van der Waals surface area contributed by atoms with Crippen LogP contribution in [0.3, 0.4) is 0 Å². The number of sulfonamides is 1. The summed E-state index contributed by atoms with van der Waals surface area (Å²) in [6.45, 7) is 1.08. The van der Waals surface area contributed by atoms with Crippen LogP contribution < -0.4 is 10.1 Å². The lowest BCUT2D eigenvalue weighted by molar-refractivity contribution is 0.102. The Morgan fingerprint density at radius 2 is 1.89 bits per heavy atom. The van der Waals surface area contributed by atoms with Crippen LogP contribution >= 0.6 is 11.8 Å². The van der Waals surface area contributed by atoms with E-state index in [-0.39, 0.29) is 10.8 Å². The molecule has 8 heteroatoms. The maximum absolute atomic E-state index is 12.7. The van der Waals surface area contributed by atoms with Crippen molar-refractivity contribution in [3.63, 3.8) is 0 Å². The number of amides is 1. The second-order valence-electron chi connectivity index (χ2n) is 6.16. The molecule has 1 N–H and O–H groups in total. The SMILES string of the molecule is COc1cc(SC)ccc1C(=O)Nc1cccc(S(=O)(=O)N2CCCC2)c1. The van der Waals surface area contributed by atoms with Gasteiger partial charge in [-0.1, -0.05) is 6.07 Å². The summed E-state index contributed by atoms with van der Waals surface area (Å²) in [6.07, 6.45) is 3.70. The first kappa shape index (κ1) is 19.7. The average molecular weight is 407 g/mol. The van der Waals surface area contributed by atoms with E-state index in [1.54, 1.807) is 42.1 Å². The van der Waals surface area contributed by atoms with Crippen molar-refractivity contribution >= 4 is 33.4 Å². The molecule has 1 fully saturated rings. The fourth-order valence-electron chi connectivity index (χ4n) is 3.00. The van der Waals surface area contributed by atoms with Crippen LogP contribution in [-0.2, 0) is 10.0 Å². The van der Waals surface area contributed by atoms with E-state index in [2.05, 4.69) is 5.32 Å². The molecule has 0 radical (unpaired) electrons. The monoisotopic (exact) mass is 406 g/mol. The smallest absolute Gasteiger partial charge is 0.259 e. The lowest BCUT2D eigenvalue weighted by atomic mass is 10.2. The lowest BCUT2D eigenvalue weighted by Crippen LogP contribution is -2.27. The summed E-state index contributed by atoms with van der Waals surface area (Å²) in [4.78, 5) is 13.8. The highest BCUT2D eigenvalue weighted by Gasteiger charge is 2.27. The molecule has 1 heterocycles. The Balaban J connectivity index is 1.83. The number of thioether (sulfide) groups is 1. The molecule has 1 saturated heterocycles. The standard InChI is InChI=1S/C19H22N2O4S2/c1-25-18-13-15(26-2)8-9-17(18)19(22)20-14-6-5-7-16(12-14)27(23,24)21-10-3-4-11-21/h5-9,12-13H,3-4,10-11H2,1-2H3,(H,20,22). The molecule has 2 aromatic rings. The topological polar surface area (TPSA) is 75.7 Å². The summed E-state index contributed by atoms with van der Waals surface area (Å²) in [5.41, 5.74) is 0.819. The molecule has 27 heavy (non-hydrogen) atoms. The first-order chi connectivity index (χ1) is 13.0. The average Bonchev–Trinajstić information content (AvgIpc) is 3.23. The summed E-state index contributed by atoms with van der Waals surface area (Å²) in [6, 6.07) is 11.7. The Labute approximate surface area is 164 Å². The van der Waals surface area contributed by atoms with Crippen molar-refractivity contribution < 1.29 is 17.9 Å². The van der Waals surface area contributed by atoms with Crippen molar-refractivity contribution in [2.24, 2.45) is 0 Å².